The van der Waals surface area contributed by atoms with Crippen LogP contribution in [0.5, 0.6) is 0 Å². The van der Waals surface area contributed by atoms with E-state index >= 15 is 0 Å². The highest BCUT2D eigenvalue weighted by Gasteiger charge is 2.05. The normalized spacial score (nSPS) is 10.9. The molecule has 0 spiro atoms. The number of thiol groups is 1. The molecule has 0 aliphatic heterocycles. The predicted molar refractivity (Wildman–Crippen MR) is 80.4 cm³/mol. The van der Waals surface area contributed by atoms with Crippen LogP contribution in [-0.2, 0) is 6.42 Å². The van der Waals surface area contributed by atoms with Gasteiger partial charge in [-0.2, -0.15) is 12.6 Å². The Labute approximate surface area is 115 Å². The third-order valence-electron chi connectivity index (χ3n) is 2.77. The monoisotopic (exact) mass is 272 g/mol. The van der Waals surface area contributed by atoms with E-state index in [1.807, 2.05) is 18.3 Å². The summed E-state index contributed by atoms with van der Waals surface area (Å²) >= 11 is 5.92. The van der Waals surface area contributed by atoms with Crippen LogP contribution in [0, 0.1) is 0 Å². The first-order valence-electron chi connectivity index (χ1n) is 5.77. The Bertz CT molecular complexity index is 676. The summed E-state index contributed by atoms with van der Waals surface area (Å²) in [5.74, 6) is 0.838. The molecule has 0 amide bonds. The number of hydrogen-bond acceptors (Lipinski definition) is 4. The maximum absolute atomic E-state index is 4.63. The summed E-state index contributed by atoms with van der Waals surface area (Å²) in [7, 11) is 0. The zero-order valence-electron chi connectivity index (χ0n) is 9.71. The molecule has 1 aromatic carbocycles. The van der Waals surface area contributed by atoms with Crippen molar-refractivity contribution in [2.24, 2.45) is 0 Å². The van der Waals surface area contributed by atoms with E-state index in [-0.39, 0.29) is 0 Å². The molecule has 3 rings (SSSR count). The summed E-state index contributed by atoms with van der Waals surface area (Å²) in [6.07, 6.45) is 2.74. The van der Waals surface area contributed by atoms with Gasteiger partial charge in [0.1, 0.15) is 5.01 Å². The molecule has 0 saturated heterocycles. The first-order valence-corrected chi connectivity index (χ1v) is 7.28. The third-order valence-corrected chi connectivity index (χ3v) is 3.93. The van der Waals surface area contributed by atoms with Crippen molar-refractivity contribution in [2.45, 2.75) is 6.42 Å². The Morgan fingerprint density at radius 2 is 2.17 bits per heavy atom. The summed E-state index contributed by atoms with van der Waals surface area (Å²) in [5, 5.41) is 4.33. The quantitative estimate of drug-likeness (QED) is 0.733. The molecule has 0 aliphatic carbocycles. The minimum Gasteiger partial charge on any atom is -0.256 e. The van der Waals surface area contributed by atoms with Gasteiger partial charge in [-0.1, -0.05) is 6.07 Å². The maximum Gasteiger partial charge on any atom is 0.123 e. The van der Waals surface area contributed by atoms with E-state index in [1.165, 1.54) is 0 Å². The molecule has 0 radical (unpaired) electrons. The fourth-order valence-corrected chi connectivity index (χ4v) is 2.96. The molecule has 0 bridgehead atoms. The summed E-state index contributed by atoms with van der Waals surface area (Å²) in [6, 6.07) is 10.3. The van der Waals surface area contributed by atoms with Crippen molar-refractivity contribution in [3.63, 3.8) is 0 Å². The van der Waals surface area contributed by atoms with Crippen LogP contribution in [-0.4, -0.2) is 15.7 Å². The molecule has 2 aromatic heterocycles. The van der Waals surface area contributed by atoms with E-state index in [4.69, 9.17) is 0 Å². The molecular formula is C14H12N2S2. The highest BCUT2D eigenvalue weighted by Crippen LogP contribution is 2.26. The van der Waals surface area contributed by atoms with Gasteiger partial charge < -0.3 is 0 Å². The van der Waals surface area contributed by atoms with E-state index in [0.29, 0.717) is 0 Å². The van der Waals surface area contributed by atoms with Gasteiger partial charge in [-0.05, 0) is 36.4 Å². The molecule has 3 aromatic rings. The van der Waals surface area contributed by atoms with Gasteiger partial charge in [-0.3, -0.25) is 4.98 Å². The number of nitrogens with zero attached hydrogens (tertiary/aromatic N) is 2. The number of fused-ring (bicyclic) bond motifs is 1. The fourth-order valence-electron chi connectivity index (χ4n) is 1.88. The third kappa shape index (κ3) is 2.26. The number of aryl methyl sites for hydroxylation is 1. The number of thiazole rings is 1. The molecule has 0 aliphatic rings. The lowest BCUT2D eigenvalue weighted by Crippen LogP contribution is -1.86. The van der Waals surface area contributed by atoms with Gasteiger partial charge >= 0.3 is 0 Å². The Morgan fingerprint density at radius 1 is 1.22 bits per heavy atom. The number of aromatic nitrogens is 2. The van der Waals surface area contributed by atoms with Gasteiger partial charge in [-0.25, -0.2) is 4.98 Å². The van der Waals surface area contributed by atoms with E-state index in [9.17, 15) is 0 Å². The van der Waals surface area contributed by atoms with E-state index in [1.54, 1.807) is 11.3 Å². The Balaban J connectivity index is 2.02. The van der Waals surface area contributed by atoms with Gasteiger partial charge in [0, 0.05) is 22.5 Å². The zero-order chi connectivity index (χ0) is 12.4. The van der Waals surface area contributed by atoms with Crippen molar-refractivity contribution in [1.29, 1.82) is 0 Å². The molecule has 2 nitrogen and oxygen atoms in total. The topological polar surface area (TPSA) is 25.8 Å². The first-order chi connectivity index (χ1) is 8.86. The average Bonchev–Trinajstić information content (AvgIpc) is 2.87. The van der Waals surface area contributed by atoms with Crippen molar-refractivity contribution in [2.75, 3.05) is 5.75 Å². The standard InChI is InChI=1S/C14H12N2S2/c17-7-5-12-9-18-14(16-12)11-3-4-13-10(8-11)2-1-6-15-13/h1-4,6,8-9,17H,5,7H2. The van der Waals surface area contributed by atoms with Gasteiger partial charge in [0.05, 0.1) is 11.2 Å². The number of pyridine rings is 1. The summed E-state index contributed by atoms with van der Waals surface area (Å²) in [6.45, 7) is 0. The molecule has 0 unspecified atom stereocenters. The number of hydrogen-bond donors (Lipinski definition) is 1. The second-order valence-electron chi connectivity index (χ2n) is 4.03. The number of benzene rings is 1. The van der Waals surface area contributed by atoms with Crippen molar-refractivity contribution in [3.05, 3.63) is 47.6 Å². The SMILES string of the molecule is SCCc1csc(-c2ccc3ncccc3c2)n1. The molecule has 0 fully saturated rings. The molecule has 4 heteroatoms. The molecule has 90 valence electrons. The van der Waals surface area contributed by atoms with E-state index in [2.05, 4.69) is 46.2 Å². The van der Waals surface area contributed by atoms with E-state index < -0.39 is 0 Å². The van der Waals surface area contributed by atoms with Crippen molar-refractivity contribution in [3.8, 4) is 10.6 Å². The first kappa shape index (κ1) is 11.7. The number of rotatable bonds is 3. The largest absolute Gasteiger partial charge is 0.256 e. The Hall–Kier alpha value is -1.39. The smallest absolute Gasteiger partial charge is 0.123 e. The predicted octanol–water partition coefficient (Wildman–Crippen LogP) is 3.83. The van der Waals surface area contributed by atoms with Crippen LogP contribution in [0.25, 0.3) is 21.5 Å². The highest BCUT2D eigenvalue weighted by atomic mass is 32.1. The molecular weight excluding hydrogens is 260 g/mol. The average molecular weight is 272 g/mol. The zero-order valence-corrected chi connectivity index (χ0v) is 11.4. The molecule has 0 saturated carbocycles. The second-order valence-corrected chi connectivity index (χ2v) is 5.33. The summed E-state index contributed by atoms with van der Waals surface area (Å²) in [5.41, 5.74) is 3.30. The van der Waals surface area contributed by atoms with Crippen molar-refractivity contribution < 1.29 is 0 Å². The van der Waals surface area contributed by atoms with Gasteiger partial charge in [0.15, 0.2) is 0 Å². The summed E-state index contributed by atoms with van der Waals surface area (Å²) in [4.78, 5) is 8.95. The van der Waals surface area contributed by atoms with Crippen LogP contribution >= 0.6 is 24.0 Å². The van der Waals surface area contributed by atoms with Gasteiger partial charge in [0.2, 0.25) is 0 Å². The van der Waals surface area contributed by atoms with Crippen LogP contribution in [0.4, 0.5) is 0 Å². The van der Waals surface area contributed by atoms with Crippen LogP contribution in [0.15, 0.2) is 41.9 Å². The Morgan fingerprint density at radius 3 is 3.06 bits per heavy atom. The van der Waals surface area contributed by atoms with Crippen LogP contribution < -0.4 is 0 Å². The molecule has 0 N–H and O–H groups in total. The molecule has 18 heavy (non-hydrogen) atoms. The lowest BCUT2D eigenvalue weighted by Gasteiger charge is -1.99. The van der Waals surface area contributed by atoms with Crippen LogP contribution in [0.2, 0.25) is 0 Å². The van der Waals surface area contributed by atoms with Gasteiger partial charge in [-0.15, -0.1) is 11.3 Å². The van der Waals surface area contributed by atoms with E-state index in [0.717, 1.165) is 39.3 Å². The van der Waals surface area contributed by atoms with Crippen LogP contribution in [0.3, 0.4) is 0 Å². The summed E-state index contributed by atoms with van der Waals surface area (Å²) < 4.78 is 0. The van der Waals surface area contributed by atoms with Crippen LogP contribution in [0.1, 0.15) is 5.69 Å². The van der Waals surface area contributed by atoms with Crippen molar-refractivity contribution in [1.82, 2.24) is 9.97 Å². The van der Waals surface area contributed by atoms with Crippen molar-refractivity contribution >= 4 is 34.9 Å². The lowest BCUT2D eigenvalue weighted by molar-refractivity contribution is 1.08. The minimum atomic E-state index is 0.838. The highest BCUT2D eigenvalue weighted by molar-refractivity contribution is 7.80. The molecule has 0 atom stereocenters. The lowest BCUT2D eigenvalue weighted by atomic mass is 10.1. The molecule has 2 heterocycles. The fraction of sp³-hybridized carbons (Fsp3) is 0.143. The van der Waals surface area contributed by atoms with Gasteiger partial charge in [0.25, 0.3) is 0 Å². The Kier molecular flexibility index (Phi) is 3.30. The minimum absolute atomic E-state index is 0.838. The maximum atomic E-state index is 4.63. The second kappa shape index (κ2) is 5.08.